The first kappa shape index (κ1) is 88.9. The van der Waals surface area contributed by atoms with Crippen molar-refractivity contribution in [2.24, 2.45) is 0 Å². The Morgan fingerprint density at radius 2 is 1.25 bits per heavy atom. The van der Waals surface area contributed by atoms with Crippen LogP contribution in [0.15, 0.2) is 89.9 Å². The van der Waals surface area contributed by atoms with Crippen molar-refractivity contribution in [1.29, 1.82) is 0 Å². The van der Waals surface area contributed by atoms with E-state index in [0.717, 1.165) is 47.1 Å². The lowest BCUT2D eigenvalue weighted by molar-refractivity contribution is -0.387. The lowest BCUT2D eigenvalue weighted by Gasteiger charge is -2.38. The highest BCUT2D eigenvalue weighted by atomic mass is 16.7. The number of carbonyl (C=O) groups is 6. The van der Waals surface area contributed by atoms with Crippen molar-refractivity contribution in [3.05, 3.63) is 150 Å². The molecule has 0 unspecified atom stereocenters. The number of carboxylic acid groups (broad SMARTS) is 1. The molecule has 3 aromatic heterocycles. The van der Waals surface area contributed by atoms with Crippen LogP contribution in [-0.4, -0.2) is 265 Å². The van der Waals surface area contributed by atoms with E-state index in [-0.39, 0.29) is 105 Å². The van der Waals surface area contributed by atoms with Gasteiger partial charge in [0.1, 0.15) is 49.2 Å². The number of nitrogens with zero attached hydrogens (tertiary/aromatic N) is 7. The van der Waals surface area contributed by atoms with Gasteiger partial charge < -0.3 is 101 Å². The van der Waals surface area contributed by atoms with Gasteiger partial charge in [0, 0.05) is 73.3 Å². The number of hydrogen-bond donors (Lipinski definition) is 5. The normalized spacial score (nSPS) is 18.5. The van der Waals surface area contributed by atoms with Gasteiger partial charge in [0.15, 0.2) is 17.5 Å². The number of unbranched alkanes of at least 4 members (excludes halogenated alkanes) is 2. The fourth-order valence-electron chi connectivity index (χ4n) is 13.3. The SMILES string of the molecule is CCc1c2c(nc3ccc(OCc4ccc(CC(=O)O[C@@H](Cc5cn(CCOCCOCCOCCOCCOCCOCCOCCOCCOCCOCCCC(=O)CCCCCN6C(=O)C=CC6=O)nn5)c5ccc(O[C@H]6O[C@@H](C(=O)O)[C@H](O)[C@@H](O)[C@@H]6O)c([N+](=O)[O-])c5)cc4)cc13)-c1cc3c(c(=O)n1C2)COC(=O)[C@]3(O)CC. The van der Waals surface area contributed by atoms with Crippen LogP contribution in [-0.2, 0) is 142 Å². The summed E-state index contributed by atoms with van der Waals surface area (Å²) in [5, 5.41) is 74.1. The number of aryl methyl sites for hydroxylation is 1. The van der Waals surface area contributed by atoms with Crippen molar-refractivity contribution in [1.82, 2.24) is 29.4 Å². The van der Waals surface area contributed by atoms with Gasteiger partial charge in [-0.25, -0.2) is 19.3 Å². The molecule has 6 aromatic rings. The fourth-order valence-corrected chi connectivity index (χ4v) is 13.3. The quantitative estimate of drug-likeness (QED) is 0.0118. The van der Waals surface area contributed by atoms with Gasteiger partial charge in [-0.05, 0) is 84.7 Å². The van der Waals surface area contributed by atoms with Crippen molar-refractivity contribution >= 4 is 52.1 Å². The number of ether oxygens (including phenoxy) is 15. The van der Waals surface area contributed by atoms with E-state index < -0.39 is 76.7 Å². The largest absolute Gasteiger partial charge is 0.489 e. The Kier molecular flexibility index (Phi) is 34.7. The van der Waals surface area contributed by atoms with Crippen molar-refractivity contribution < 1.29 is 130 Å². The van der Waals surface area contributed by atoms with Crippen molar-refractivity contribution in [2.45, 2.75) is 147 Å². The molecule has 10 rings (SSSR count). The zero-order chi connectivity index (χ0) is 82.4. The average Bonchev–Trinajstić information content (AvgIpc) is 1.55. The maximum absolute atomic E-state index is 13.9. The number of carboxylic acids is 1. The van der Waals surface area contributed by atoms with Crippen molar-refractivity contribution in [3.8, 4) is 22.9 Å². The lowest BCUT2D eigenvalue weighted by Crippen LogP contribution is -2.61. The van der Waals surface area contributed by atoms with Crippen LogP contribution in [0.4, 0.5) is 5.69 Å². The number of esters is 2. The number of hydrogen-bond acceptors (Lipinski definition) is 31. The third-order valence-corrected chi connectivity index (χ3v) is 19.6. The number of aliphatic hydroxyl groups excluding tert-OH is 3. The van der Waals surface area contributed by atoms with Gasteiger partial charge in [0.25, 0.3) is 17.4 Å². The molecular weight excluding hydrogens is 1520 g/mol. The Labute approximate surface area is 667 Å². The molecule has 5 N–H and O–H groups in total. The summed E-state index contributed by atoms with van der Waals surface area (Å²) in [6.45, 7) is 12.1. The Bertz CT molecular complexity index is 4350. The average molecular weight is 1620 g/mol. The molecule has 36 heteroatoms. The van der Waals surface area contributed by atoms with Gasteiger partial charge in [-0.15, -0.1) is 5.10 Å². The molecule has 2 amide bonds. The van der Waals surface area contributed by atoms with Crippen LogP contribution in [0.3, 0.4) is 0 Å². The summed E-state index contributed by atoms with van der Waals surface area (Å²) < 4.78 is 87.2. The lowest BCUT2D eigenvalue weighted by atomic mass is 9.86. The number of ketones is 1. The summed E-state index contributed by atoms with van der Waals surface area (Å²) in [6.07, 6.45) is -3.16. The number of rotatable bonds is 55. The number of aliphatic hydroxyl groups is 4. The molecule has 7 heterocycles. The van der Waals surface area contributed by atoms with Gasteiger partial charge in [-0.3, -0.25) is 39.0 Å². The molecule has 0 spiro atoms. The van der Waals surface area contributed by atoms with Gasteiger partial charge in [0.05, 0.1) is 178 Å². The summed E-state index contributed by atoms with van der Waals surface area (Å²) in [4.78, 5) is 106. The first-order chi connectivity index (χ1) is 56.2. The monoisotopic (exact) mass is 1620 g/mol. The second-order valence-electron chi connectivity index (χ2n) is 27.6. The van der Waals surface area contributed by atoms with Gasteiger partial charge in [-0.2, -0.15) is 0 Å². The number of aliphatic carboxylic acids is 1. The minimum Gasteiger partial charge on any atom is -0.489 e. The molecule has 0 bridgehead atoms. The molecule has 1 saturated heterocycles. The van der Waals surface area contributed by atoms with E-state index in [0.29, 0.717) is 185 Å². The van der Waals surface area contributed by atoms with E-state index in [1.54, 1.807) is 54.1 Å². The van der Waals surface area contributed by atoms with Crippen LogP contribution in [0.2, 0.25) is 0 Å². The third kappa shape index (κ3) is 25.0. The molecule has 0 radical (unpaired) electrons. The Balaban J connectivity index is 0.578. The van der Waals surface area contributed by atoms with E-state index in [2.05, 4.69) is 10.3 Å². The molecule has 4 aliphatic heterocycles. The number of pyridine rings is 2. The minimum atomic E-state index is -2.05. The van der Waals surface area contributed by atoms with Crippen LogP contribution in [0.1, 0.15) is 110 Å². The Hall–Kier alpha value is -9.48. The fraction of sp³-hybridized carbons (Fsp3) is 0.550. The molecule has 36 nitrogen and oxygen atoms in total. The maximum Gasteiger partial charge on any atom is 0.343 e. The topological polar surface area (TPSA) is 454 Å². The molecule has 4 aliphatic rings. The van der Waals surface area contributed by atoms with Crippen LogP contribution >= 0.6 is 0 Å². The molecule has 116 heavy (non-hydrogen) atoms. The molecule has 630 valence electrons. The summed E-state index contributed by atoms with van der Waals surface area (Å²) in [7, 11) is 0. The predicted molar refractivity (Wildman–Crippen MR) is 406 cm³/mol. The molecule has 7 atom stereocenters. The number of imide groups is 1. The highest BCUT2D eigenvalue weighted by Crippen LogP contribution is 2.42. The molecule has 3 aromatic carbocycles. The highest BCUT2D eigenvalue weighted by Gasteiger charge is 2.49. The first-order valence-electron chi connectivity index (χ1n) is 38.9. The zero-order valence-electron chi connectivity index (χ0n) is 65.0. The second kappa shape index (κ2) is 45.3. The molecular formula is C80H101N7O29. The summed E-state index contributed by atoms with van der Waals surface area (Å²) >= 11 is 0. The number of fused-ring (bicyclic) bond motifs is 5. The summed E-state index contributed by atoms with van der Waals surface area (Å²) in [5.41, 5.74) is 2.80. The molecule has 1 fully saturated rings. The Morgan fingerprint density at radius 3 is 1.84 bits per heavy atom. The van der Waals surface area contributed by atoms with E-state index in [1.165, 1.54) is 27.8 Å². The Morgan fingerprint density at radius 1 is 0.664 bits per heavy atom. The van der Waals surface area contributed by atoms with Crippen LogP contribution in [0, 0.1) is 10.1 Å². The van der Waals surface area contributed by atoms with Crippen LogP contribution in [0.5, 0.6) is 11.5 Å². The van der Waals surface area contributed by atoms with Gasteiger partial charge in [0.2, 0.25) is 6.29 Å². The van der Waals surface area contributed by atoms with E-state index in [4.69, 9.17) is 76.0 Å². The van der Waals surface area contributed by atoms with E-state index >= 15 is 0 Å². The maximum atomic E-state index is 13.9. The molecule has 0 saturated carbocycles. The second-order valence-corrected chi connectivity index (χ2v) is 27.6. The summed E-state index contributed by atoms with van der Waals surface area (Å²) in [5.74, 6) is -3.55. The number of carbonyl (C=O) groups excluding carboxylic acids is 5. The number of Topliss-reactive ketones (excluding diaryl/α,β-unsaturated/α-hetero) is 1. The van der Waals surface area contributed by atoms with E-state index in [9.17, 15) is 69.2 Å². The van der Waals surface area contributed by atoms with Crippen LogP contribution in [0.25, 0.3) is 22.3 Å². The van der Waals surface area contributed by atoms with E-state index in [1.807, 2.05) is 19.1 Å². The minimum absolute atomic E-state index is 0.0235. The summed E-state index contributed by atoms with van der Waals surface area (Å²) in [6, 6.07) is 17.8. The van der Waals surface area contributed by atoms with Gasteiger partial charge in [-0.1, -0.05) is 55.8 Å². The van der Waals surface area contributed by atoms with Crippen molar-refractivity contribution in [3.63, 3.8) is 0 Å². The molecule has 0 aliphatic carbocycles. The number of benzene rings is 3. The predicted octanol–water partition coefficient (Wildman–Crippen LogP) is 4.06. The van der Waals surface area contributed by atoms with Gasteiger partial charge >= 0.3 is 23.6 Å². The zero-order valence-corrected chi connectivity index (χ0v) is 65.0. The third-order valence-electron chi connectivity index (χ3n) is 19.6. The highest BCUT2D eigenvalue weighted by molar-refractivity contribution is 6.12. The smallest absolute Gasteiger partial charge is 0.343 e. The standard InChI is InChI=1S/C80H101N7O29/c1-3-58-59-46-57(16-17-63(59)81-71-60(58)49-86-65(71)47-62-61(76(86)95)51-113-79(98)80(62,99)4-2)112-50-53-13-11-52(12-14-53)43-70(91)114-67(54-15-18-66(64(44-54)87(100)101)115-78-74(94)72(92)73(93)75(116-78)77(96)97)45-55-48-84(83-82-55)22-24-103-26-28-105-30-32-107-34-36-109-38-40-111-42-41-110-39-37-108-35-33-106-31-29-104-27-25-102-23-8-10-56(88)9-6-5-7-21-85-68(89)19-20-69(85)90/h11-20,44,46-48,67,72-75,78,92-94,99H,3-10,21-43,45,49-51H2,1-2H3,(H,96,97)/t67-,72+,73+,74-,75+,78-,80-/m0/s1. The number of nitro groups is 1. The number of nitro benzene ring substituents is 1. The van der Waals surface area contributed by atoms with Crippen LogP contribution < -0.4 is 15.0 Å². The number of amides is 2. The number of aromatic nitrogens is 5. The number of cyclic esters (lactones) is 1. The van der Waals surface area contributed by atoms with Crippen molar-refractivity contribution in [2.75, 3.05) is 139 Å². The first-order valence-corrected chi connectivity index (χ1v) is 38.9.